The van der Waals surface area contributed by atoms with Gasteiger partial charge in [0.1, 0.15) is 11.5 Å². The Bertz CT molecular complexity index is 899. The van der Waals surface area contributed by atoms with Crippen LogP contribution in [0.2, 0.25) is 0 Å². The fraction of sp³-hybridized carbons (Fsp3) is 0.444. The van der Waals surface area contributed by atoms with E-state index in [1.807, 2.05) is 6.92 Å². The maximum atomic E-state index is 12.7. The van der Waals surface area contributed by atoms with Crippen molar-refractivity contribution in [3.8, 4) is 5.75 Å². The van der Waals surface area contributed by atoms with Crippen LogP contribution < -0.4 is 9.64 Å². The quantitative estimate of drug-likeness (QED) is 0.199. The SMILES string of the molecule is CCC[S+]([O-])c1nnc(N2C(=O)N(C)CCC2OC(=O)Oc2cccc(CCl)c2)s1. The van der Waals surface area contributed by atoms with Crippen molar-refractivity contribution in [3.63, 3.8) is 0 Å². The number of carbonyl (C=O) groups excluding carboxylic acids is 2. The molecule has 12 heteroatoms. The van der Waals surface area contributed by atoms with E-state index in [2.05, 4.69) is 10.2 Å². The van der Waals surface area contributed by atoms with Crippen LogP contribution in [0, 0.1) is 0 Å². The summed E-state index contributed by atoms with van der Waals surface area (Å²) in [5.41, 5.74) is 0.791. The zero-order valence-corrected chi connectivity index (χ0v) is 18.8. The Balaban J connectivity index is 1.75. The second-order valence-corrected chi connectivity index (χ2v) is 9.44. The van der Waals surface area contributed by atoms with Gasteiger partial charge in [-0.15, -0.1) is 16.7 Å². The van der Waals surface area contributed by atoms with E-state index < -0.39 is 29.6 Å². The summed E-state index contributed by atoms with van der Waals surface area (Å²) >= 11 is 5.55. The summed E-state index contributed by atoms with van der Waals surface area (Å²) in [5.74, 6) is 1.02. The molecule has 1 fully saturated rings. The molecule has 1 aliphatic heterocycles. The van der Waals surface area contributed by atoms with Crippen LogP contribution in [-0.2, 0) is 21.8 Å². The van der Waals surface area contributed by atoms with E-state index in [0.717, 1.165) is 23.3 Å². The number of alkyl halides is 1. The summed E-state index contributed by atoms with van der Waals surface area (Å²) in [6.45, 7) is 2.31. The van der Waals surface area contributed by atoms with Gasteiger partial charge in [0.2, 0.25) is 5.13 Å². The first-order valence-electron chi connectivity index (χ1n) is 9.22. The lowest BCUT2D eigenvalue weighted by molar-refractivity contribution is 0.0434. The molecule has 0 spiro atoms. The number of amides is 2. The minimum atomic E-state index is -1.29. The van der Waals surface area contributed by atoms with Gasteiger partial charge in [0, 0.05) is 37.1 Å². The molecule has 1 aliphatic rings. The van der Waals surface area contributed by atoms with Crippen LogP contribution in [0.1, 0.15) is 25.3 Å². The Morgan fingerprint density at radius 1 is 1.43 bits per heavy atom. The van der Waals surface area contributed by atoms with Crippen molar-refractivity contribution in [2.45, 2.75) is 36.2 Å². The maximum Gasteiger partial charge on any atom is 0.515 e. The first-order chi connectivity index (χ1) is 14.4. The van der Waals surface area contributed by atoms with Crippen molar-refractivity contribution in [2.75, 3.05) is 24.2 Å². The molecule has 1 aromatic heterocycles. The molecule has 0 N–H and O–H groups in total. The third-order valence-corrected chi connectivity index (χ3v) is 7.29. The molecular formula is C18H21ClN4O5S2. The summed E-state index contributed by atoms with van der Waals surface area (Å²) in [5, 5.41) is 8.16. The van der Waals surface area contributed by atoms with Crippen LogP contribution in [0.3, 0.4) is 0 Å². The zero-order chi connectivity index (χ0) is 21.7. The third kappa shape index (κ3) is 5.34. The zero-order valence-electron chi connectivity index (χ0n) is 16.4. The molecule has 1 saturated heterocycles. The van der Waals surface area contributed by atoms with E-state index >= 15 is 0 Å². The number of benzene rings is 1. The van der Waals surface area contributed by atoms with Crippen molar-refractivity contribution in [2.24, 2.45) is 0 Å². The standard InChI is InChI=1S/C18H21ClN4O5S2/c1-3-9-30(26)16-21-20-15(29-16)23-14(7-8-22(2)17(23)24)28-18(25)27-13-6-4-5-12(10-13)11-19/h4-6,10,14H,3,7-9,11H2,1-2H3. The van der Waals surface area contributed by atoms with E-state index in [-0.39, 0.29) is 16.8 Å². The van der Waals surface area contributed by atoms with Crippen LogP contribution in [0.5, 0.6) is 5.75 Å². The number of nitrogens with zero attached hydrogens (tertiary/aromatic N) is 4. The predicted molar refractivity (Wildman–Crippen MR) is 113 cm³/mol. The predicted octanol–water partition coefficient (Wildman–Crippen LogP) is 3.60. The minimum Gasteiger partial charge on any atom is -0.610 e. The molecule has 9 nitrogen and oxygen atoms in total. The summed E-state index contributed by atoms with van der Waals surface area (Å²) in [7, 11) is 1.64. The van der Waals surface area contributed by atoms with E-state index in [0.29, 0.717) is 23.1 Å². The number of hydrogen-bond donors (Lipinski definition) is 0. The molecule has 2 aromatic rings. The fourth-order valence-electron chi connectivity index (χ4n) is 2.74. The molecule has 0 aliphatic carbocycles. The lowest BCUT2D eigenvalue weighted by Crippen LogP contribution is -2.55. The Morgan fingerprint density at radius 2 is 2.23 bits per heavy atom. The number of ether oxygens (including phenoxy) is 2. The van der Waals surface area contributed by atoms with Gasteiger partial charge in [0.05, 0.1) is 0 Å². The van der Waals surface area contributed by atoms with Crippen molar-refractivity contribution in [1.29, 1.82) is 0 Å². The monoisotopic (exact) mass is 472 g/mol. The van der Waals surface area contributed by atoms with Gasteiger partial charge >= 0.3 is 16.5 Å². The van der Waals surface area contributed by atoms with Gasteiger partial charge in [-0.25, -0.2) is 14.5 Å². The highest BCUT2D eigenvalue weighted by Crippen LogP contribution is 2.30. The van der Waals surface area contributed by atoms with Gasteiger partial charge in [-0.3, -0.25) is 0 Å². The minimum absolute atomic E-state index is 0.216. The average Bonchev–Trinajstić information content (AvgIpc) is 3.21. The van der Waals surface area contributed by atoms with Crippen LogP contribution >= 0.6 is 22.9 Å². The number of hydrogen-bond acceptors (Lipinski definition) is 8. The molecule has 30 heavy (non-hydrogen) atoms. The summed E-state index contributed by atoms with van der Waals surface area (Å²) in [6.07, 6.45) is -0.785. The molecule has 2 atom stereocenters. The van der Waals surface area contributed by atoms with Gasteiger partial charge in [0.25, 0.3) is 0 Å². The number of aromatic nitrogens is 2. The first kappa shape index (κ1) is 22.6. The molecule has 1 aromatic carbocycles. The molecule has 0 radical (unpaired) electrons. The normalized spacial score (nSPS) is 17.7. The summed E-state index contributed by atoms with van der Waals surface area (Å²) in [6, 6.07) is 6.36. The highest BCUT2D eigenvalue weighted by atomic mass is 35.5. The molecule has 2 unspecified atom stereocenters. The van der Waals surface area contributed by atoms with Crippen molar-refractivity contribution >= 4 is 51.4 Å². The maximum absolute atomic E-state index is 12.7. The summed E-state index contributed by atoms with van der Waals surface area (Å²) in [4.78, 5) is 27.8. The van der Waals surface area contributed by atoms with E-state index in [1.165, 1.54) is 9.80 Å². The number of carbonyl (C=O) groups is 2. The Labute approximate surface area is 186 Å². The molecule has 0 saturated carbocycles. The van der Waals surface area contributed by atoms with Gasteiger partial charge in [-0.05, 0) is 35.5 Å². The van der Waals surface area contributed by atoms with E-state index in [1.54, 1.807) is 31.3 Å². The van der Waals surface area contributed by atoms with Crippen molar-refractivity contribution in [3.05, 3.63) is 29.8 Å². The molecule has 162 valence electrons. The van der Waals surface area contributed by atoms with Crippen LogP contribution in [-0.4, -0.2) is 57.4 Å². The molecule has 0 bridgehead atoms. The van der Waals surface area contributed by atoms with E-state index in [9.17, 15) is 14.1 Å². The van der Waals surface area contributed by atoms with Gasteiger partial charge < -0.3 is 18.9 Å². The Morgan fingerprint density at radius 3 is 2.97 bits per heavy atom. The molecule has 2 heterocycles. The second kappa shape index (κ2) is 10.3. The summed E-state index contributed by atoms with van der Waals surface area (Å²) < 4.78 is 23.2. The lowest BCUT2D eigenvalue weighted by Gasteiger charge is -2.36. The van der Waals surface area contributed by atoms with Crippen LogP contribution in [0.15, 0.2) is 28.6 Å². The number of anilines is 1. The highest BCUT2D eigenvalue weighted by Gasteiger charge is 2.38. The molecular weight excluding hydrogens is 452 g/mol. The van der Waals surface area contributed by atoms with Crippen molar-refractivity contribution < 1.29 is 23.6 Å². The largest absolute Gasteiger partial charge is 0.610 e. The van der Waals surface area contributed by atoms with Gasteiger partial charge in [-0.1, -0.05) is 24.2 Å². The first-order valence-corrected chi connectivity index (χ1v) is 11.9. The lowest BCUT2D eigenvalue weighted by atomic mass is 10.2. The van der Waals surface area contributed by atoms with Gasteiger partial charge in [-0.2, -0.15) is 0 Å². The van der Waals surface area contributed by atoms with E-state index in [4.69, 9.17) is 21.1 Å². The van der Waals surface area contributed by atoms with Gasteiger partial charge in [0.15, 0.2) is 6.23 Å². The highest BCUT2D eigenvalue weighted by molar-refractivity contribution is 7.93. The smallest absolute Gasteiger partial charge is 0.515 e. The average molecular weight is 473 g/mol. The molecule has 3 rings (SSSR count). The number of rotatable bonds is 7. The van der Waals surface area contributed by atoms with Crippen molar-refractivity contribution in [1.82, 2.24) is 15.1 Å². The fourth-order valence-corrected chi connectivity index (χ4v) is 5.04. The van der Waals surface area contributed by atoms with Crippen LogP contribution in [0.4, 0.5) is 14.7 Å². The second-order valence-electron chi connectivity index (χ2n) is 6.47. The third-order valence-electron chi connectivity index (χ3n) is 4.20. The number of urea groups is 1. The van der Waals surface area contributed by atoms with Crippen LogP contribution in [0.25, 0.3) is 0 Å². The Kier molecular flexibility index (Phi) is 7.75. The Hall–Kier alpha value is -2.08. The molecule has 2 amide bonds. The number of halogens is 1. The topological polar surface area (TPSA) is 108 Å².